The molecule has 144 valence electrons. The topological polar surface area (TPSA) is 43.8 Å². The SMILES string of the molecule is C=CC1=C(/C=C\C)C(=O)N(CC(O)CN2CCC(=C)/C=C\C=C/C(=C)C2)C1. The van der Waals surface area contributed by atoms with Crippen LogP contribution in [-0.4, -0.2) is 59.6 Å². The first-order valence-corrected chi connectivity index (χ1v) is 9.32. The molecule has 27 heavy (non-hydrogen) atoms. The average molecular weight is 367 g/mol. The van der Waals surface area contributed by atoms with E-state index in [0.717, 1.165) is 29.7 Å². The Hall–Kier alpha value is -2.43. The smallest absolute Gasteiger partial charge is 0.254 e. The Bertz CT molecular complexity index is 725. The van der Waals surface area contributed by atoms with Crippen molar-refractivity contribution in [2.45, 2.75) is 19.4 Å². The fourth-order valence-electron chi connectivity index (χ4n) is 3.29. The highest BCUT2D eigenvalue weighted by Crippen LogP contribution is 2.21. The summed E-state index contributed by atoms with van der Waals surface area (Å²) >= 11 is 0. The zero-order chi connectivity index (χ0) is 19.8. The zero-order valence-corrected chi connectivity index (χ0v) is 16.2. The van der Waals surface area contributed by atoms with Crippen LogP contribution in [0.2, 0.25) is 0 Å². The average Bonchev–Trinajstić information content (AvgIpc) is 2.92. The second-order valence-corrected chi connectivity index (χ2v) is 7.00. The quantitative estimate of drug-likeness (QED) is 0.785. The van der Waals surface area contributed by atoms with Gasteiger partial charge in [0.2, 0.25) is 0 Å². The van der Waals surface area contributed by atoms with E-state index in [4.69, 9.17) is 0 Å². The first-order valence-electron chi connectivity index (χ1n) is 9.32. The normalized spacial score (nSPS) is 23.2. The minimum absolute atomic E-state index is 0.0473. The fraction of sp³-hybridized carbons (Fsp3) is 0.348. The Morgan fingerprint density at radius 3 is 2.56 bits per heavy atom. The summed E-state index contributed by atoms with van der Waals surface area (Å²) in [6, 6.07) is 0. The van der Waals surface area contributed by atoms with Crippen LogP contribution < -0.4 is 0 Å². The molecule has 4 nitrogen and oxygen atoms in total. The molecule has 0 saturated heterocycles. The molecule has 1 amide bonds. The lowest BCUT2D eigenvalue weighted by Crippen LogP contribution is -2.42. The minimum atomic E-state index is -0.631. The van der Waals surface area contributed by atoms with Gasteiger partial charge in [0.05, 0.1) is 6.10 Å². The molecule has 1 unspecified atom stereocenters. The van der Waals surface area contributed by atoms with Crippen LogP contribution in [0.25, 0.3) is 0 Å². The Morgan fingerprint density at radius 1 is 1.19 bits per heavy atom. The van der Waals surface area contributed by atoms with Crippen molar-refractivity contribution in [2.24, 2.45) is 0 Å². The molecule has 0 fully saturated rings. The second-order valence-electron chi connectivity index (χ2n) is 7.00. The third-order valence-electron chi connectivity index (χ3n) is 4.66. The summed E-state index contributed by atoms with van der Waals surface area (Å²) < 4.78 is 0. The summed E-state index contributed by atoms with van der Waals surface area (Å²) in [6.45, 7) is 16.6. The number of aliphatic hydroxyl groups excluding tert-OH is 1. The molecule has 2 aliphatic rings. The molecule has 1 N–H and O–H groups in total. The zero-order valence-electron chi connectivity index (χ0n) is 16.2. The third-order valence-corrected chi connectivity index (χ3v) is 4.66. The number of hydrogen-bond acceptors (Lipinski definition) is 3. The summed E-state index contributed by atoms with van der Waals surface area (Å²) in [5, 5.41) is 10.6. The summed E-state index contributed by atoms with van der Waals surface area (Å²) in [5.41, 5.74) is 3.62. The van der Waals surface area contributed by atoms with Gasteiger partial charge in [0.15, 0.2) is 0 Å². The van der Waals surface area contributed by atoms with Gasteiger partial charge in [-0.1, -0.05) is 67.8 Å². The van der Waals surface area contributed by atoms with Crippen molar-refractivity contribution in [3.63, 3.8) is 0 Å². The highest BCUT2D eigenvalue weighted by molar-refractivity contribution is 6.00. The molecule has 2 heterocycles. The maximum atomic E-state index is 12.6. The number of hydrogen-bond donors (Lipinski definition) is 1. The summed E-state index contributed by atoms with van der Waals surface area (Å²) in [4.78, 5) is 16.4. The van der Waals surface area contributed by atoms with Gasteiger partial charge in [-0.3, -0.25) is 9.69 Å². The lowest BCUT2D eigenvalue weighted by atomic mass is 10.1. The van der Waals surface area contributed by atoms with Gasteiger partial charge in [0, 0.05) is 38.3 Å². The molecule has 0 radical (unpaired) electrons. The molecular weight excluding hydrogens is 336 g/mol. The standard InChI is InChI=1S/C23H30N2O2/c1-5-9-22-20(6-2)15-25(23(22)27)17-21(26)16-24-13-12-18(3)10-7-8-11-19(4)14-24/h5-11,21,26H,2-4,12-17H2,1H3/b9-5-,10-7-,11-8-. The number of aliphatic hydroxyl groups is 1. The van der Waals surface area contributed by atoms with Crippen molar-refractivity contribution in [3.05, 3.63) is 84.6 Å². The van der Waals surface area contributed by atoms with Crippen LogP contribution in [0.15, 0.2) is 84.6 Å². The predicted molar refractivity (Wildman–Crippen MR) is 112 cm³/mol. The highest BCUT2D eigenvalue weighted by atomic mass is 16.3. The van der Waals surface area contributed by atoms with E-state index >= 15 is 0 Å². The number of rotatable bonds is 6. The lowest BCUT2D eigenvalue weighted by molar-refractivity contribution is -0.126. The van der Waals surface area contributed by atoms with E-state index in [1.165, 1.54) is 0 Å². The fourth-order valence-corrected chi connectivity index (χ4v) is 3.29. The van der Waals surface area contributed by atoms with Crippen molar-refractivity contribution in [1.82, 2.24) is 9.80 Å². The van der Waals surface area contributed by atoms with Crippen LogP contribution in [0.1, 0.15) is 13.3 Å². The Kier molecular flexibility index (Phi) is 7.77. The molecule has 0 aromatic carbocycles. The number of carbonyl (C=O) groups excluding carboxylic acids is 1. The van der Waals surface area contributed by atoms with Crippen LogP contribution in [0.5, 0.6) is 0 Å². The van der Waals surface area contributed by atoms with Gasteiger partial charge in [0.1, 0.15) is 0 Å². The van der Waals surface area contributed by atoms with E-state index < -0.39 is 6.10 Å². The molecule has 2 aliphatic heterocycles. The first kappa shape index (κ1) is 20.9. The van der Waals surface area contributed by atoms with E-state index in [1.54, 1.807) is 11.0 Å². The van der Waals surface area contributed by atoms with Gasteiger partial charge >= 0.3 is 0 Å². The largest absolute Gasteiger partial charge is 0.390 e. The molecule has 0 spiro atoms. The van der Waals surface area contributed by atoms with Gasteiger partial charge in [-0.05, 0) is 24.5 Å². The van der Waals surface area contributed by atoms with E-state index in [-0.39, 0.29) is 5.91 Å². The molecule has 0 aromatic rings. The van der Waals surface area contributed by atoms with Crippen molar-refractivity contribution in [2.75, 3.05) is 32.7 Å². The summed E-state index contributed by atoms with van der Waals surface area (Å²) in [5.74, 6) is -0.0473. The molecule has 1 atom stereocenters. The molecule has 4 heteroatoms. The van der Waals surface area contributed by atoms with E-state index in [1.807, 2.05) is 43.4 Å². The molecule has 0 bridgehead atoms. The maximum absolute atomic E-state index is 12.6. The van der Waals surface area contributed by atoms with Gasteiger partial charge in [-0.15, -0.1) is 0 Å². The van der Waals surface area contributed by atoms with Gasteiger partial charge in [0.25, 0.3) is 5.91 Å². The Balaban J connectivity index is 1.97. The van der Waals surface area contributed by atoms with Crippen LogP contribution >= 0.6 is 0 Å². The van der Waals surface area contributed by atoms with Gasteiger partial charge in [-0.25, -0.2) is 0 Å². The third kappa shape index (κ3) is 6.05. The van der Waals surface area contributed by atoms with Crippen molar-refractivity contribution >= 4 is 5.91 Å². The molecule has 0 aliphatic carbocycles. The van der Waals surface area contributed by atoms with Crippen LogP contribution in [0.3, 0.4) is 0 Å². The maximum Gasteiger partial charge on any atom is 0.254 e. The van der Waals surface area contributed by atoms with E-state index in [2.05, 4.69) is 24.6 Å². The Labute approximate surface area is 162 Å². The molecule has 0 saturated carbocycles. The molecular formula is C23H30N2O2. The predicted octanol–water partition coefficient (Wildman–Crippen LogP) is 3.18. The van der Waals surface area contributed by atoms with Crippen molar-refractivity contribution in [3.8, 4) is 0 Å². The van der Waals surface area contributed by atoms with Crippen LogP contribution in [0, 0.1) is 0 Å². The number of nitrogens with zero attached hydrogens (tertiary/aromatic N) is 2. The number of allylic oxidation sites excluding steroid dienone is 4. The second kappa shape index (κ2) is 10.0. The lowest BCUT2D eigenvalue weighted by Gasteiger charge is -2.28. The van der Waals surface area contributed by atoms with Gasteiger partial charge in [-0.2, -0.15) is 0 Å². The summed E-state index contributed by atoms with van der Waals surface area (Å²) in [6.07, 6.45) is 13.5. The van der Waals surface area contributed by atoms with Crippen LogP contribution in [-0.2, 0) is 4.79 Å². The first-order chi connectivity index (χ1) is 12.9. The minimum Gasteiger partial charge on any atom is -0.390 e. The number of carbonyl (C=O) groups is 1. The van der Waals surface area contributed by atoms with Gasteiger partial charge < -0.3 is 10.0 Å². The molecule has 0 aromatic heterocycles. The van der Waals surface area contributed by atoms with E-state index in [0.29, 0.717) is 31.8 Å². The van der Waals surface area contributed by atoms with Crippen molar-refractivity contribution < 1.29 is 9.90 Å². The number of β-amino-alcohol motifs (C(OH)–C–C–N with tert-alkyl or cyclic N) is 1. The monoisotopic (exact) mass is 366 g/mol. The Morgan fingerprint density at radius 2 is 1.89 bits per heavy atom. The highest BCUT2D eigenvalue weighted by Gasteiger charge is 2.29. The summed E-state index contributed by atoms with van der Waals surface area (Å²) in [7, 11) is 0. The number of amides is 1. The molecule has 2 rings (SSSR count). The van der Waals surface area contributed by atoms with Crippen LogP contribution in [0.4, 0.5) is 0 Å². The van der Waals surface area contributed by atoms with E-state index in [9.17, 15) is 9.90 Å². The van der Waals surface area contributed by atoms with Crippen molar-refractivity contribution in [1.29, 1.82) is 0 Å².